The van der Waals surface area contributed by atoms with Gasteiger partial charge in [0.15, 0.2) is 0 Å². The molecule has 26 heavy (non-hydrogen) atoms. The first-order valence-electron chi connectivity index (χ1n) is 9.28. The summed E-state index contributed by atoms with van der Waals surface area (Å²) in [5.74, 6) is -0.966. The Bertz CT molecular complexity index is 713. The molecule has 1 aromatic rings. The summed E-state index contributed by atoms with van der Waals surface area (Å²) in [6.45, 7) is 3.64. The van der Waals surface area contributed by atoms with Crippen LogP contribution in [0.15, 0.2) is 18.2 Å². The number of carbonyl (C=O) groups excluding carboxylic acids is 2. The molecule has 4 rings (SSSR count). The molecule has 0 aromatic heterocycles. The van der Waals surface area contributed by atoms with Gasteiger partial charge in [0, 0.05) is 32.1 Å². The van der Waals surface area contributed by atoms with Crippen LogP contribution in [0.3, 0.4) is 0 Å². The molecule has 3 atom stereocenters. The van der Waals surface area contributed by atoms with Gasteiger partial charge in [-0.25, -0.2) is 8.78 Å². The first kappa shape index (κ1) is 17.4. The largest absolute Gasteiger partial charge is 0.342 e. The Morgan fingerprint density at radius 3 is 2.46 bits per heavy atom. The van der Waals surface area contributed by atoms with Crippen LogP contribution < -0.4 is 10.2 Å². The molecular formula is C19H23F2N3O2. The summed E-state index contributed by atoms with van der Waals surface area (Å²) in [6, 6.07) is 3.15. The molecular weight excluding hydrogens is 340 g/mol. The third-order valence-corrected chi connectivity index (χ3v) is 6.01. The average molecular weight is 363 g/mol. The number of hydrogen-bond donors (Lipinski definition) is 1. The summed E-state index contributed by atoms with van der Waals surface area (Å²) >= 11 is 0. The molecule has 5 nitrogen and oxygen atoms in total. The lowest BCUT2D eigenvalue weighted by molar-refractivity contribution is -0.135. The minimum atomic E-state index is -0.776. The van der Waals surface area contributed by atoms with E-state index in [0.717, 1.165) is 51.2 Å². The van der Waals surface area contributed by atoms with Crippen molar-refractivity contribution in [2.24, 2.45) is 17.8 Å². The van der Waals surface area contributed by atoms with Crippen LogP contribution in [-0.2, 0) is 9.59 Å². The monoisotopic (exact) mass is 363 g/mol. The molecule has 3 saturated heterocycles. The number of nitrogens with zero attached hydrogens (tertiary/aromatic N) is 2. The molecule has 1 aromatic carbocycles. The maximum Gasteiger partial charge on any atom is 0.228 e. The van der Waals surface area contributed by atoms with E-state index in [1.807, 2.05) is 4.90 Å². The fourth-order valence-electron chi connectivity index (χ4n) is 4.50. The van der Waals surface area contributed by atoms with Gasteiger partial charge >= 0.3 is 0 Å². The Morgan fingerprint density at radius 2 is 1.81 bits per heavy atom. The molecule has 0 radical (unpaired) electrons. The van der Waals surface area contributed by atoms with Crippen LogP contribution in [-0.4, -0.2) is 49.4 Å². The van der Waals surface area contributed by atoms with Crippen molar-refractivity contribution < 1.29 is 18.4 Å². The molecule has 140 valence electrons. The summed E-state index contributed by atoms with van der Waals surface area (Å²) < 4.78 is 27.1. The van der Waals surface area contributed by atoms with Crippen molar-refractivity contribution in [2.45, 2.75) is 19.3 Å². The standard InChI is InChI=1S/C19H23F2N3O2/c20-15-1-2-17(16(21)8-15)24-11-14(7-18(24)25)19(26)23-5-3-12-9-22-10-13(12)4-6-23/h1-2,8,12-14,22H,3-7,9-11H2/t12-,13+,14?. The molecule has 7 heteroatoms. The Kier molecular flexibility index (Phi) is 4.65. The van der Waals surface area contributed by atoms with Crippen molar-refractivity contribution >= 4 is 17.5 Å². The molecule has 3 aliphatic heterocycles. The van der Waals surface area contributed by atoms with E-state index in [4.69, 9.17) is 0 Å². The molecule has 0 bridgehead atoms. The first-order chi connectivity index (χ1) is 12.5. The minimum absolute atomic E-state index is 0.0173. The van der Waals surface area contributed by atoms with Crippen molar-refractivity contribution in [3.05, 3.63) is 29.8 Å². The molecule has 1 unspecified atom stereocenters. The Morgan fingerprint density at radius 1 is 1.12 bits per heavy atom. The lowest BCUT2D eigenvalue weighted by atomic mass is 9.92. The van der Waals surface area contributed by atoms with Crippen LogP contribution in [0.25, 0.3) is 0 Å². The number of anilines is 1. The van der Waals surface area contributed by atoms with Crippen LogP contribution in [0.1, 0.15) is 19.3 Å². The second-order valence-electron chi connectivity index (χ2n) is 7.58. The number of rotatable bonds is 2. The van der Waals surface area contributed by atoms with Gasteiger partial charge in [-0.3, -0.25) is 9.59 Å². The van der Waals surface area contributed by atoms with Gasteiger partial charge in [-0.1, -0.05) is 0 Å². The van der Waals surface area contributed by atoms with Gasteiger partial charge in [0.2, 0.25) is 11.8 Å². The number of nitrogens with one attached hydrogen (secondary N) is 1. The van der Waals surface area contributed by atoms with Crippen molar-refractivity contribution in [3.8, 4) is 0 Å². The van der Waals surface area contributed by atoms with E-state index in [0.29, 0.717) is 11.8 Å². The molecule has 1 N–H and O–H groups in total. The fourth-order valence-corrected chi connectivity index (χ4v) is 4.50. The maximum absolute atomic E-state index is 14.0. The zero-order valence-corrected chi connectivity index (χ0v) is 14.6. The first-order valence-corrected chi connectivity index (χ1v) is 9.28. The number of carbonyl (C=O) groups is 2. The highest BCUT2D eigenvalue weighted by Gasteiger charge is 2.39. The molecule has 0 aliphatic carbocycles. The van der Waals surface area contributed by atoms with E-state index in [9.17, 15) is 18.4 Å². The van der Waals surface area contributed by atoms with Crippen molar-refractivity contribution in [1.29, 1.82) is 0 Å². The van der Waals surface area contributed by atoms with Crippen LogP contribution in [0.2, 0.25) is 0 Å². The van der Waals surface area contributed by atoms with Gasteiger partial charge in [-0.05, 0) is 49.9 Å². The SMILES string of the molecule is O=C(C1CC(=O)N(c2ccc(F)cc2F)C1)N1CC[C@@H]2CNC[C@@H]2CC1. The summed E-state index contributed by atoms with van der Waals surface area (Å²) in [5, 5.41) is 3.41. The average Bonchev–Trinajstić information content (AvgIpc) is 3.16. The van der Waals surface area contributed by atoms with Gasteiger partial charge in [0.05, 0.1) is 11.6 Å². The number of amides is 2. The highest BCUT2D eigenvalue weighted by molar-refractivity contribution is 6.00. The predicted molar refractivity (Wildman–Crippen MR) is 92.5 cm³/mol. The van der Waals surface area contributed by atoms with Gasteiger partial charge < -0.3 is 15.1 Å². The Balaban J connectivity index is 1.44. The van der Waals surface area contributed by atoms with E-state index < -0.39 is 17.6 Å². The van der Waals surface area contributed by atoms with Gasteiger partial charge in [0.25, 0.3) is 0 Å². The smallest absolute Gasteiger partial charge is 0.228 e. The third kappa shape index (κ3) is 3.20. The number of halogens is 2. The fraction of sp³-hybridized carbons (Fsp3) is 0.579. The summed E-state index contributed by atoms with van der Waals surface area (Å²) in [4.78, 5) is 28.4. The lowest BCUT2D eigenvalue weighted by Crippen LogP contribution is -2.38. The lowest BCUT2D eigenvalue weighted by Gasteiger charge is -2.24. The van der Waals surface area contributed by atoms with Crippen molar-refractivity contribution in [1.82, 2.24) is 10.2 Å². The van der Waals surface area contributed by atoms with Crippen LogP contribution in [0.5, 0.6) is 0 Å². The number of benzene rings is 1. The third-order valence-electron chi connectivity index (χ3n) is 6.01. The second kappa shape index (κ2) is 6.95. The van der Waals surface area contributed by atoms with Crippen LogP contribution in [0.4, 0.5) is 14.5 Å². The van der Waals surface area contributed by atoms with Gasteiger partial charge in [-0.15, -0.1) is 0 Å². The predicted octanol–water partition coefficient (Wildman–Crippen LogP) is 1.78. The van der Waals surface area contributed by atoms with E-state index in [-0.39, 0.29) is 30.5 Å². The van der Waals surface area contributed by atoms with E-state index in [2.05, 4.69) is 5.32 Å². The summed E-state index contributed by atoms with van der Waals surface area (Å²) in [6.07, 6.45) is 2.06. The number of likely N-dealkylation sites (tertiary alicyclic amines) is 1. The highest BCUT2D eigenvalue weighted by atomic mass is 19.1. The van der Waals surface area contributed by atoms with Gasteiger partial charge in [0.1, 0.15) is 11.6 Å². The number of fused-ring (bicyclic) bond motifs is 1. The summed E-state index contributed by atoms with van der Waals surface area (Å²) in [5.41, 5.74) is 0.0446. The van der Waals surface area contributed by atoms with Crippen molar-refractivity contribution in [2.75, 3.05) is 37.6 Å². The van der Waals surface area contributed by atoms with E-state index >= 15 is 0 Å². The Hall–Kier alpha value is -2.02. The number of hydrogen-bond acceptors (Lipinski definition) is 3. The molecule has 2 amide bonds. The maximum atomic E-state index is 14.0. The minimum Gasteiger partial charge on any atom is -0.342 e. The van der Waals surface area contributed by atoms with E-state index in [1.165, 1.54) is 11.0 Å². The van der Waals surface area contributed by atoms with Crippen LogP contribution in [0, 0.1) is 29.4 Å². The summed E-state index contributed by atoms with van der Waals surface area (Å²) in [7, 11) is 0. The van der Waals surface area contributed by atoms with Gasteiger partial charge in [-0.2, -0.15) is 0 Å². The zero-order valence-electron chi connectivity index (χ0n) is 14.6. The Labute approximate surface area is 151 Å². The van der Waals surface area contributed by atoms with Crippen LogP contribution >= 0.6 is 0 Å². The van der Waals surface area contributed by atoms with E-state index in [1.54, 1.807) is 0 Å². The highest BCUT2D eigenvalue weighted by Crippen LogP contribution is 2.31. The zero-order chi connectivity index (χ0) is 18.3. The second-order valence-corrected chi connectivity index (χ2v) is 7.58. The normalized spacial score (nSPS) is 29.0. The quantitative estimate of drug-likeness (QED) is 0.871. The molecule has 0 saturated carbocycles. The molecule has 3 aliphatic rings. The topological polar surface area (TPSA) is 52.7 Å². The molecule has 0 spiro atoms. The molecule has 3 heterocycles. The molecule has 3 fully saturated rings. The van der Waals surface area contributed by atoms with Crippen molar-refractivity contribution in [3.63, 3.8) is 0 Å².